The number of urea groups is 1. The van der Waals surface area contributed by atoms with Gasteiger partial charge in [0.2, 0.25) is 0 Å². The number of ether oxygens (including phenoxy) is 2. The molecule has 0 bridgehead atoms. The average Bonchev–Trinajstić information content (AvgIpc) is 2.50. The number of halogens is 2. The maximum atomic E-state index is 11.7. The predicted octanol–water partition coefficient (Wildman–Crippen LogP) is 1.55. The topological polar surface area (TPSA) is 132 Å². The van der Waals surface area contributed by atoms with E-state index < -0.39 is 17.9 Å². The van der Waals surface area contributed by atoms with Crippen LogP contribution in [0.15, 0.2) is 17.7 Å². The van der Waals surface area contributed by atoms with E-state index in [1.54, 1.807) is 18.2 Å². The molecule has 0 saturated carbocycles. The van der Waals surface area contributed by atoms with E-state index in [9.17, 15) is 14.4 Å². The van der Waals surface area contributed by atoms with Crippen molar-refractivity contribution in [1.82, 2.24) is 5.32 Å². The molecule has 0 aromatic heterocycles. The van der Waals surface area contributed by atoms with Crippen LogP contribution >= 0.6 is 45.2 Å². The van der Waals surface area contributed by atoms with Crippen LogP contribution in [0.5, 0.6) is 5.75 Å². The number of nitrogens with one attached hydrogen (secondary N) is 1. The van der Waals surface area contributed by atoms with Crippen molar-refractivity contribution in [2.24, 2.45) is 5.73 Å². The molecule has 1 aromatic carbocycles. The summed E-state index contributed by atoms with van der Waals surface area (Å²) in [7, 11) is 1.26. The van der Waals surface area contributed by atoms with E-state index in [1.807, 2.05) is 50.5 Å². The Bertz CT molecular complexity index is 732. The second kappa shape index (κ2) is 9.42. The first kappa shape index (κ1) is 20.2. The molecule has 8 nitrogen and oxygen atoms in total. The number of benzene rings is 1. The molecule has 0 aliphatic heterocycles. The van der Waals surface area contributed by atoms with E-state index in [4.69, 9.17) is 15.7 Å². The molecule has 3 amide bonds. The molecule has 0 saturated heterocycles. The number of carbonyl (C=O) groups is 3. The largest absolute Gasteiger partial charge is 0.480 e. The number of hydrogen-bond acceptors (Lipinski definition) is 6. The summed E-state index contributed by atoms with van der Waals surface area (Å²) in [6.07, 6.45) is 1.31. The smallest absolute Gasteiger partial charge is 0.343 e. The van der Waals surface area contributed by atoms with E-state index in [1.165, 1.54) is 13.2 Å². The highest BCUT2D eigenvalue weighted by Gasteiger charge is 2.14. The van der Waals surface area contributed by atoms with Crippen molar-refractivity contribution >= 4 is 69.2 Å². The Hall–Kier alpha value is -1.88. The van der Waals surface area contributed by atoms with Crippen LogP contribution in [0.4, 0.5) is 4.79 Å². The molecule has 24 heavy (non-hydrogen) atoms. The van der Waals surface area contributed by atoms with E-state index >= 15 is 0 Å². The molecule has 0 aliphatic rings. The molecular formula is C14H11I2N3O5. The van der Waals surface area contributed by atoms with Gasteiger partial charge in [0.1, 0.15) is 17.4 Å². The van der Waals surface area contributed by atoms with Crippen LogP contribution in [0.1, 0.15) is 5.56 Å². The molecule has 1 aromatic rings. The Morgan fingerprint density at radius 3 is 2.38 bits per heavy atom. The van der Waals surface area contributed by atoms with Gasteiger partial charge in [0, 0.05) is 0 Å². The first-order valence-corrected chi connectivity index (χ1v) is 8.35. The van der Waals surface area contributed by atoms with Gasteiger partial charge in [-0.1, -0.05) is 0 Å². The third kappa shape index (κ3) is 5.96. The number of amides is 3. The minimum absolute atomic E-state index is 0.234. The van der Waals surface area contributed by atoms with E-state index in [-0.39, 0.29) is 12.2 Å². The number of primary amides is 1. The highest BCUT2D eigenvalue weighted by molar-refractivity contribution is 14.1. The van der Waals surface area contributed by atoms with Gasteiger partial charge in [-0.15, -0.1) is 0 Å². The molecule has 126 valence electrons. The van der Waals surface area contributed by atoms with Gasteiger partial charge in [-0.05, 0) is 69.0 Å². The zero-order chi connectivity index (χ0) is 18.3. The normalized spacial score (nSPS) is 10.5. The van der Waals surface area contributed by atoms with Crippen molar-refractivity contribution in [3.05, 3.63) is 30.4 Å². The SMILES string of the molecule is COC(=O)COc1c(I)cc(/C=C(/C#N)C(=O)NC(N)=O)cc1I. The summed E-state index contributed by atoms with van der Waals surface area (Å²) < 4.78 is 11.2. The molecule has 0 heterocycles. The van der Waals surface area contributed by atoms with Crippen LogP contribution < -0.4 is 15.8 Å². The number of nitrogens with zero attached hydrogens (tertiary/aromatic N) is 1. The van der Waals surface area contributed by atoms with Gasteiger partial charge in [0.25, 0.3) is 5.91 Å². The lowest BCUT2D eigenvalue weighted by Gasteiger charge is -2.10. The lowest BCUT2D eigenvalue weighted by atomic mass is 10.1. The Balaban J connectivity index is 3.08. The second-order valence-electron chi connectivity index (χ2n) is 4.17. The fourth-order valence-electron chi connectivity index (χ4n) is 1.49. The summed E-state index contributed by atoms with van der Waals surface area (Å²) in [4.78, 5) is 33.5. The monoisotopic (exact) mass is 555 g/mol. The summed E-state index contributed by atoms with van der Waals surface area (Å²) in [6.45, 7) is -0.234. The van der Waals surface area contributed by atoms with Crippen molar-refractivity contribution in [2.45, 2.75) is 0 Å². The quantitative estimate of drug-likeness (QED) is 0.246. The van der Waals surface area contributed by atoms with E-state index in [0.717, 1.165) is 0 Å². The zero-order valence-electron chi connectivity index (χ0n) is 12.3. The molecule has 0 spiro atoms. The minimum atomic E-state index is -1.04. The Morgan fingerprint density at radius 1 is 1.33 bits per heavy atom. The summed E-state index contributed by atoms with van der Waals surface area (Å²) in [6, 6.07) is 3.97. The van der Waals surface area contributed by atoms with E-state index in [0.29, 0.717) is 18.5 Å². The van der Waals surface area contributed by atoms with Crippen LogP contribution in [-0.4, -0.2) is 31.6 Å². The molecule has 0 radical (unpaired) electrons. The first-order chi connectivity index (χ1) is 11.3. The Morgan fingerprint density at radius 2 is 1.92 bits per heavy atom. The number of hydrogen-bond donors (Lipinski definition) is 2. The maximum Gasteiger partial charge on any atom is 0.343 e. The maximum absolute atomic E-state index is 11.7. The molecule has 0 unspecified atom stereocenters. The molecule has 3 N–H and O–H groups in total. The molecular weight excluding hydrogens is 544 g/mol. The third-order valence-corrected chi connectivity index (χ3v) is 4.10. The fourth-order valence-corrected chi connectivity index (χ4v) is 3.61. The minimum Gasteiger partial charge on any atom is -0.480 e. The van der Waals surface area contributed by atoms with Crippen molar-refractivity contribution in [3.63, 3.8) is 0 Å². The molecule has 0 atom stereocenters. The number of imide groups is 1. The second-order valence-corrected chi connectivity index (χ2v) is 6.49. The van der Waals surface area contributed by atoms with Crippen LogP contribution in [0.25, 0.3) is 6.08 Å². The number of methoxy groups -OCH3 is 1. The first-order valence-electron chi connectivity index (χ1n) is 6.19. The summed E-state index contributed by atoms with van der Waals surface area (Å²) >= 11 is 4.00. The van der Waals surface area contributed by atoms with Gasteiger partial charge < -0.3 is 15.2 Å². The standard InChI is InChI=1S/C14H11I2N3O5/c1-23-11(20)6-24-12-9(15)3-7(4-10(12)16)2-8(5-17)13(21)19-14(18)22/h2-4H,6H2,1H3,(H3,18,19,21,22)/b8-2-. The number of nitrogens with two attached hydrogens (primary N) is 1. The van der Waals surface area contributed by atoms with Gasteiger partial charge in [0.15, 0.2) is 6.61 Å². The van der Waals surface area contributed by atoms with Gasteiger partial charge in [-0.2, -0.15) is 5.26 Å². The van der Waals surface area contributed by atoms with Crippen LogP contribution in [0, 0.1) is 18.5 Å². The summed E-state index contributed by atoms with van der Waals surface area (Å²) in [5.74, 6) is -0.916. The molecule has 0 aliphatic carbocycles. The lowest BCUT2D eigenvalue weighted by molar-refractivity contribution is -0.142. The number of esters is 1. The van der Waals surface area contributed by atoms with Crippen molar-refractivity contribution in [1.29, 1.82) is 5.26 Å². The summed E-state index contributed by atoms with van der Waals surface area (Å²) in [5.41, 5.74) is 5.12. The number of rotatable bonds is 5. The highest BCUT2D eigenvalue weighted by Crippen LogP contribution is 2.29. The highest BCUT2D eigenvalue weighted by atomic mass is 127. The fraction of sp³-hybridized carbons (Fsp3) is 0.143. The zero-order valence-corrected chi connectivity index (χ0v) is 16.6. The van der Waals surface area contributed by atoms with Crippen LogP contribution in [-0.2, 0) is 14.3 Å². The summed E-state index contributed by atoms with van der Waals surface area (Å²) in [5, 5.41) is 10.8. The Labute approximate surface area is 164 Å². The van der Waals surface area contributed by atoms with Crippen LogP contribution in [0.2, 0.25) is 0 Å². The van der Waals surface area contributed by atoms with Crippen molar-refractivity contribution < 1.29 is 23.9 Å². The van der Waals surface area contributed by atoms with Crippen molar-refractivity contribution in [3.8, 4) is 11.8 Å². The number of carbonyl (C=O) groups excluding carboxylic acids is 3. The van der Waals surface area contributed by atoms with Gasteiger partial charge in [0.05, 0.1) is 14.3 Å². The third-order valence-electron chi connectivity index (χ3n) is 2.50. The predicted molar refractivity (Wildman–Crippen MR) is 101 cm³/mol. The van der Waals surface area contributed by atoms with E-state index in [2.05, 4.69) is 4.74 Å². The molecule has 0 fully saturated rings. The Kier molecular flexibility index (Phi) is 7.92. The van der Waals surface area contributed by atoms with Gasteiger partial charge in [-0.25, -0.2) is 9.59 Å². The van der Waals surface area contributed by atoms with Gasteiger partial charge in [-0.3, -0.25) is 10.1 Å². The van der Waals surface area contributed by atoms with Crippen molar-refractivity contribution in [2.75, 3.05) is 13.7 Å². The van der Waals surface area contributed by atoms with Gasteiger partial charge >= 0.3 is 12.0 Å². The average molecular weight is 555 g/mol. The molecule has 1 rings (SSSR count). The van der Waals surface area contributed by atoms with Crippen LogP contribution in [0.3, 0.4) is 0 Å². The number of nitriles is 1. The lowest BCUT2D eigenvalue weighted by Crippen LogP contribution is -2.35. The molecule has 10 heteroatoms.